The van der Waals surface area contributed by atoms with Gasteiger partial charge in [0.15, 0.2) is 0 Å². The Morgan fingerprint density at radius 3 is 2.62 bits per heavy atom. The molecule has 0 radical (unpaired) electrons. The van der Waals surface area contributed by atoms with Crippen molar-refractivity contribution in [3.8, 4) is 11.3 Å². The normalized spacial score (nSPS) is 13.0. The number of hydrogen-bond acceptors (Lipinski definition) is 6. The van der Waals surface area contributed by atoms with E-state index in [2.05, 4.69) is 38.8 Å². The first-order chi connectivity index (χ1) is 15.7. The van der Waals surface area contributed by atoms with E-state index in [1.54, 1.807) is 25.5 Å². The summed E-state index contributed by atoms with van der Waals surface area (Å²) >= 11 is 0. The van der Waals surface area contributed by atoms with Crippen molar-refractivity contribution in [1.82, 2.24) is 19.5 Å². The van der Waals surface area contributed by atoms with Gasteiger partial charge in [-0.25, -0.2) is 4.98 Å². The van der Waals surface area contributed by atoms with Crippen LogP contribution in [-0.2, 0) is 19.9 Å². The molecule has 0 bridgehead atoms. The second-order valence-corrected chi connectivity index (χ2v) is 8.09. The van der Waals surface area contributed by atoms with Crippen molar-refractivity contribution in [3.63, 3.8) is 0 Å². The van der Waals surface area contributed by atoms with E-state index in [1.165, 1.54) is 39.7 Å². The fourth-order valence-electron chi connectivity index (χ4n) is 4.30. The van der Waals surface area contributed by atoms with Crippen LogP contribution in [0.4, 0.5) is 11.6 Å². The minimum absolute atomic E-state index is 0.100. The number of aromatic nitrogens is 4. The number of para-hydroxylation sites is 1. The maximum absolute atomic E-state index is 12.4. The first kappa shape index (κ1) is 20.2. The van der Waals surface area contributed by atoms with Gasteiger partial charge in [0.05, 0.1) is 11.2 Å². The average Bonchev–Trinajstić information content (AvgIpc) is 2.84. The molecular formula is C25H26N6O. The molecule has 7 nitrogen and oxygen atoms in total. The summed E-state index contributed by atoms with van der Waals surface area (Å²) in [6, 6.07) is 13.6. The monoisotopic (exact) mass is 426 g/mol. The Morgan fingerprint density at radius 2 is 1.75 bits per heavy atom. The minimum Gasteiger partial charge on any atom is -0.382 e. The lowest BCUT2D eigenvalue weighted by atomic mass is 9.92. The fourth-order valence-corrected chi connectivity index (χ4v) is 4.30. The van der Waals surface area contributed by atoms with Gasteiger partial charge in [-0.1, -0.05) is 18.2 Å². The number of benzene rings is 1. The molecular weight excluding hydrogens is 400 g/mol. The van der Waals surface area contributed by atoms with Crippen LogP contribution >= 0.6 is 0 Å². The van der Waals surface area contributed by atoms with Crippen molar-refractivity contribution in [2.24, 2.45) is 7.05 Å². The summed E-state index contributed by atoms with van der Waals surface area (Å²) in [6.45, 7) is 1.33. The van der Waals surface area contributed by atoms with Gasteiger partial charge >= 0.3 is 0 Å². The standard InChI is InChI=1S/C25H26N6O/c1-31-23(32)16-22(17-10-12-26-13-11-17)30-25(31)28-15-14-27-24-18-6-2-4-8-20(18)29-21-9-5-3-7-19(21)24/h2,4,6,8,10-13,16H,3,5,7,9,14-15H2,1H3,(H,27,29)(H,28,30). The van der Waals surface area contributed by atoms with Crippen LogP contribution in [0.15, 0.2) is 59.7 Å². The van der Waals surface area contributed by atoms with Crippen molar-refractivity contribution in [1.29, 1.82) is 0 Å². The van der Waals surface area contributed by atoms with Crippen LogP contribution in [-0.4, -0.2) is 32.6 Å². The lowest BCUT2D eigenvalue weighted by molar-refractivity contribution is 0.672. The third-order valence-electron chi connectivity index (χ3n) is 5.99. The molecule has 0 atom stereocenters. The van der Waals surface area contributed by atoms with Gasteiger partial charge in [0, 0.05) is 60.9 Å². The maximum Gasteiger partial charge on any atom is 0.255 e. The molecule has 0 saturated carbocycles. The first-order valence-electron chi connectivity index (χ1n) is 11.1. The Morgan fingerprint density at radius 1 is 0.969 bits per heavy atom. The van der Waals surface area contributed by atoms with Gasteiger partial charge in [0.25, 0.3) is 5.56 Å². The highest BCUT2D eigenvalue weighted by molar-refractivity contribution is 5.93. The largest absolute Gasteiger partial charge is 0.382 e. The van der Waals surface area contributed by atoms with E-state index in [0.717, 1.165) is 23.9 Å². The summed E-state index contributed by atoms with van der Waals surface area (Å²) in [5, 5.41) is 8.13. The zero-order valence-electron chi connectivity index (χ0n) is 18.1. The SMILES string of the molecule is Cn1c(NCCNc2c3c(nc4ccccc24)CCCC3)nc(-c2ccncc2)cc1=O. The van der Waals surface area contributed by atoms with E-state index in [1.807, 2.05) is 18.2 Å². The number of hydrogen-bond donors (Lipinski definition) is 2. The van der Waals surface area contributed by atoms with Crippen molar-refractivity contribution >= 4 is 22.5 Å². The van der Waals surface area contributed by atoms with Crippen LogP contribution in [0, 0.1) is 0 Å². The lowest BCUT2D eigenvalue weighted by Crippen LogP contribution is -2.24. The molecule has 2 N–H and O–H groups in total. The summed E-state index contributed by atoms with van der Waals surface area (Å²) in [4.78, 5) is 26.0. The Hall–Kier alpha value is -3.74. The highest BCUT2D eigenvalue weighted by Gasteiger charge is 2.17. The van der Waals surface area contributed by atoms with E-state index >= 15 is 0 Å². The molecule has 162 valence electrons. The van der Waals surface area contributed by atoms with Gasteiger partial charge in [-0.3, -0.25) is 19.3 Å². The predicted octanol–water partition coefficient (Wildman–Crippen LogP) is 3.79. The van der Waals surface area contributed by atoms with Crippen LogP contribution in [0.1, 0.15) is 24.1 Å². The number of pyridine rings is 2. The molecule has 0 unspecified atom stereocenters. The fraction of sp³-hybridized carbons (Fsp3) is 0.280. The smallest absolute Gasteiger partial charge is 0.255 e. The molecule has 7 heteroatoms. The van der Waals surface area contributed by atoms with E-state index in [9.17, 15) is 4.79 Å². The maximum atomic E-state index is 12.4. The summed E-state index contributed by atoms with van der Waals surface area (Å²) < 4.78 is 1.54. The number of anilines is 2. The summed E-state index contributed by atoms with van der Waals surface area (Å²) in [5.74, 6) is 0.549. The number of nitrogens with one attached hydrogen (secondary N) is 2. The number of fused-ring (bicyclic) bond motifs is 2. The molecule has 32 heavy (non-hydrogen) atoms. The van der Waals surface area contributed by atoms with Gasteiger partial charge in [0.2, 0.25) is 5.95 Å². The molecule has 4 aromatic rings. The molecule has 0 amide bonds. The van der Waals surface area contributed by atoms with Crippen LogP contribution in [0.3, 0.4) is 0 Å². The van der Waals surface area contributed by atoms with Gasteiger partial charge in [-0.2, -0.15) is 0 Å². The molecule has 1 aromatic carbocycles. The quantitative estimate of drug-likeness (QED) is 0.456. The van der Waals surface area contributed by atoms with Crippen LogP contribution < -0.4 is 16.2 Å². The van der Waals surface area contributed by atoms with Crippen molar-refractivity contribution < 1.29 is 0 Å². The molecule has 1 aliphatic rings. The van der Waals surface area contributed by atoms with E-state index in [0.29, 0.717) is 24.7 Å². The topological polar surface area (TPSA) is 84.7 Å². The van der Waals surface area contributed by atoms with Crippen molar-refractivity contribution in [2.75, 3.05) is 23.7 Å². The molecule has 0 fully saturated rings. The summed E-state index contributed by atoms with van der Waals surface area (Å²) in [6.07, 6.45) is 7.91. The van der Waals surface area contributed by atoms with Crippen molar-refractivity contribution in [2.45, 2.75) is 25.7 Å². The van der Waals surface area contributed by atoms with Gasteiger partial charge in [-0.15, -0.1) is 0 Å². The average molecular weight is 427 g/mol. The van der Waals surface area contributed by atoms with E-state index in [4.69, 9.17) is 4.98 Å². The van der Waals surface area contributed by atoms with Crippen LogP contribution in [0.5, 0.6) is 0 Å². The summed E-state index contributed by atoms with van der Waals surface area (Å²) in [7, 11) is 1.73. The molecule has 0 spiro atoms. The lowest BCUT2D eigenvalue weighted by Gasteiger charge is -2.22. The Bertz CT molecular complexity index is 1320. The molecule has 1 aliphatic carbocycles. The first-order valence-corrected chi connectivity index (χ1v) is 11.1. The highest BCUT2D eigenvalue weighted by atomic mass is 16.1. The number of aryl methyl sites for hydroxylation is 1. The van der Waals surface area contributed by atoms with Gasteiger partial charge in [-0.05, 0) is 49.4 Å². The second kappa shape index (κ2) is 8.78. The summed E-state index contributed by atoms with van der Waals surface area (Å²) in [5.41, 5.74) is 6.21. The van der Waals surface area contributed by atoms with Crippen molar-refractivity contribution in [3.05, 3.63) is 76.5 Å². The van der Waals surface area contributed by atoms with Gasteiger partial charge < -0.3 is 10.6 Å². The Kier molecular flexibility index (Phi) is 5.54. The highest BCUT2D eigenvalue weighted by Crippen LogP contribution is 2.33. The Balaban J connectivity index is 1.35. The molecule has 0 aliphatic heterocycles. The molecule has 5 rings (SSSR count). The zero-order chi connectivity index (χ0) is 21.9. The van der Waals surface area contributed by atoms with Gasteiger partial charge in [0.1, 0.15) is 0 Å². The third-order valence-corrected chi connectivity index (χ3v) is 5.99. The van der Waals surface area contributed by atoms with Crippen LogP contribution in [0.25, 0.3) is 22.2 Å². The van der Waals surface area contributed by atoms with E-state index < -0.39 is 0 Å². The molecule has 0 saturated heterocycles. The zero-order valence-corrected chi connectivity index (χ0v) is 18.1. The Labute approximate surface area is 186 Å². The number of rotatable bonds is 6. The number of nitrogens with zero attached hydrogens (tertiary/aromatic N) is 4. The third kappa shape index (κ3) is 3.93. The second-order valence-electron chi connectivity index (χ2n) is 8.09. The predicted molar refractivity (Wildman–Crippen MR) is 128 cm³/mol. The molecule has 3 aromatic heterocycles. The van der Waals surface area contributed by atoms with E-state index in [-0.39, 0.29) is 5.56 Å². The van der Waals surface area contributed by atoms with Crippen LogP contribution in [0.2, 0.25) is 0 Å². The minimum atomic E-state index is -0.100. The molecule has 3 heterocycles.